The molecule has 3 aromatic heterocycles. The van der Waals surface area contributed by atoms with Crippen LogP contribution in [0.25, 0.3) is 33.1 Å². The Hall–Kier alpha value is -5.68. The molecule has 338 valence electrons. The van der Waals surface area contributed by atoms with Crippen molar-refractivity contribution in [1.82, 2.24) is 50.8 Å². The Kier molecular flexibility index (Phi) is 13.3. The maximum atomic E-state index is 12.3. The second-order valence-electron chi connectivity index (χ2n) is 18.3. The molecular weight excluding hydrogens is 813 g/mol. The smallest absolute Gasteiger partial charge is 0.306 e. The number of carboxylic acid groups (broad SMARTS) is 3. The monoisotopic (exact) mass is 872 g/mol. The molecule has 3 fully saturated rings. The van der Waals surface area contributed by atoms with E-state index in [0.29, 0.717) is 58.2 Å². The van der Waals surface area contributed by atoms with Crippen LogP contribution in [0.15, 0.2) is 54.6 Å². The number of rotatable bonds is 21. The fraction of sp³-hybridized carbons (Fsp3) is 0.500. The summed E-state index contributed by atoms with van der Waals surface area (Å²) in [4.78, 5) is 64.9. The molecule has 3 aromatic carbocycles. The van der Waals surface area contributed by atoms with Gasteiger partial charge in [-0.15, -0.1) is 0 Å². The first kappa shape index (κ1) is 43.6. The van der Waals surface area contributed by atoms with Gasteiger partial charge in [0, 0.05) is 38.9 Å². The van der Waals surface area contributed by atoms with E-state index < -0.39 is 35.7 Å². The molecule has 6 heterocycles. The minimum atomic E-state index is -0.753. The van der Waals surface area contributed by atoms with Gasteiger partial charge < -0.3 is 46.2 Å². The Morgan fingerprint density at radius 1 is 0.516 bits per heavy atom. The van der Waals surface area contributed by atoms with Gasteiger partial charge in [-0.1, -0.05) is 36.4 Å². The summed E-state index contributed by atoms with van der Waals surface area (Å²) in [5.41, 5.74) is 8.36. The number of aliphatic carboxylic acids is 3. The second-order valence-corrected chi connectivity index (χ2v) is 18.3. The van der Waals surface area contributed by atoms with Crippen LogP contribution >= 0.6 is 0 Å². The molecule has 6 aromatic rings. The lowest BCUT2D eigenvalue weighted by molar-refractivity contribution is -0.144. The topological polar surface area (TPSA) is 237 Å². The molecule has 16 nitrogen and oxygen atoms in total. The Bertz CT molecular complexity index is 2300. The molecule has 9 N–H and O–H groups in total. The largest absolute Gasteiger partial charge is 0.481 e. The normalized spacial score (nSPS) is 20.5. The van der Waals surface area contributed by atoms with Crippen LogP contribution in [-0.2, 0) is 53.3 Å². The molecule has 64 heavy (non-hydrogen) atoms. The Labute approximate surface area is 371 Å². The number of para-hydroxylation sites is 3. The molecule has 3 saturated heterocycles. The summed E-state index contributed by atoms with van der Waals surface area (Å²) in [6.07, 6.45) is 5.74. The van der Waals surface area contributed by atoms with Crippen molar-refractivity contribution in [2.75, 3.05) is 39.3 Å². The molecule has 0 aliphatic carbocycles. The van der Waals surface area contributed by atoms with E-state index in [-0.39, 0.29) is 17.8 Å². The van der Waals surface area contributed by atoms with E-state index in [1.807, 2.05) is 36.4 Å². The zero-order valence-corrected chi connectivity index (χ0v) is 36.2. The molecule has 0 radical (unpaired) electrons. The van der Waals surface area contributed by atoms with Gasteiger partial charge in [-0.2, -0.15) is 0 Å². The van der Waals surface area contributed by atoms with Crippen LogP contribution in [-0.4, -0.2) is 107 Å². The van der Waals surface area contributed by atoms with Crippen molar-refractivity contribution in [2.24, 2.45) is 35.5 Å². The Morgan fingerprint density at radius 2 is 0.828 bits per heavy atom. The van der Waals surface area contributed by atoms with Crippen molar-refractivity contribution < 1.29 is 29.7 Å². The van der Waals surface area contributed by atoms with Crippen molar-refractivity contribution in [3.63, 3.8) is 0 Å². The number of nitrogens with one attached hydrogen (secondary N) is 6. The van der Waals surface area contributed by atoms with E-state index in [4.69, 9.17) is 15.0 Å². The van der Waals surface area contributed by atoms with Crippen LogP contribution in [0.3, 0.4) is 0 Å². The summed E-state index contributed by atoms with van der Waals surface area (Å²) in [5.74, 6) is -0.882. The Morgan fingerprint density at radius 3 is 1.09 bits per heavy atom. The van der Waals surface area contributed by atoms with E-state index in [9.17, 15) is 29.7 Å². The van der Waals surface area contributed by atoms with Crippen LogP contribution in [0.5, 0.6) is 0 Å². The van der Waals surface area contributed by atoms with E-state index in [1.54, 1.807) is 0 Å². The lowest BCUT2D eigenvalue weighted by Crippen LogP contribution is -2.26. The van der Waals surface area contributed by atoms with Crippen LogP contribution in [0.1, 0.15) is 72.7 Å². The summed E-state index contributed by atoms with van der Waals surface area (Å²) in [7, 11) is 0. The SMILES string of the molecule is O=C(O)[C@@H](CCc1nc2c(CN(Cc3cccc4[nH]c(CC[C@@H](C(=O)O)[C@H]5CCNC5)nc34)Cc3cccc4[nH]c(CC[C@@H](C(=O)O)[C@H]5CCNC5)nc34)cccc2[nH]1)[C@@H]1CCNC1. The molecule has 9 rings (SSSR count). The van der Waals surface area contributed by atoms with Crippen LogP contribution in [0.4, 0.5) is 0 Å². The first-order chi connectivity index (χ1) is 31.2. The second kappa shape index (κ2) is 19.6. The molecule has 0 amide bonds. The highest BCUT2D eigenvalue weighted by Crippen LogP contribution is 2.30. The fourth-order valence-corrected chi connectivity index (χ4v) is 10.7. The molecule has 0 saturated carbocycles. The number of nitrogens with zero attached hydrogens (tertiary/aromatic N) is 4. The van der Waals surface area contributed by atoms with Gasteiger partial charge in [0.05, 0.1) is 50.9 Å². The zero-order chi connectivity index (χ0) is 44.2. The third-order valence-electron chi connectivity index (χ3n) is 14.1. The van der Waals surface area contributed by atoms with Gasteiger partial charge in [0.15, 0.2) is 0 Å². The standard InChI is InChI=1S/C48H60N10O6/c59-46(60)34(28-16-19-49-22-28)10-13-40-52-37-7-1-4-31(43(37)55-40)25-58(26-32-5-2-8-38-44(32)56-41(53-38)14-11-35(47(61)62)29-17-20-50-23-29)27-33-6-3-9-39-45(33)57-42(54-39)15-12-36(48(63)64)30-18-21-51-24-30/h1-9,28-30,34-36,49-51H,10-27H2,(H,52,55)(H,53,56)(H,54,57)(H,59,60)(H,61,62)(H,63,64)/t28-,29-,30+,34+,35+,36-/m0/s1. The predicted octanol–water partition coefficient (Wildman–Crippen LogP) is 5.25. The minimum Gasteiger partial charge on any atom is -0.481 e. The molecule has 3 aliphatic heterocycles. The highest BCUT2D eigenvalue weighted by Gasteiger charge is 2.33. The number of carbonyl (C=O) groups is 3. The number of aryl methyl sites for hydroxylation is 3. The molecule has 16 heteroatoms. The maximum Gasteiger partial charge on any atom is 0.306 e. The molecule has 6 atom stereocenters. The molecule has 0 unspecified atom stereocenters. The average molecular weight is 873 g/mol. The molecule has 0 bridgehead atoms. The summed E-state index contributed by atoms with van der Waals surface area (Å²) in [5, 5.41) is 40.1. The third-order valence-corrected chi connectivity index (χ3v) is 14.1. The van der Waals surface area contributed by atoms with Gasteiger partial charge in [0.25, 0.3) is 0 Å². The van der Waals surface area contributed by atoms with E-state index in [0.717, 1.165) is 126 Å². The molecular formula is C48H60N10O6. The maximum absolute atomic E-state index is 12.3. The van der Waals surface area contributed by atoms with Gasteiger partial charge in [0.2, 0.25) is 0 Å². The van der Waals surface area contributed by atoms with Crippen molar-refractivity contribution in [1.29, 1.82) is 0 Å². The van der Waals surface area contributed by atoms with Gasteiger partial charge in [-0.3, -0.25) is 19.3 Å². The van der Waals surface area contributed by atoms with Gasteiger partial charge in [-0.25, -0.2) is 15.0 Å². The van der Waals surface area contributed by atoms with Gasteiger partial charge in [0.1, 0.15) is 17.5 Å². The van der Waals surface area contributed by atoms with Crippen molar-refractivity contribution in [2.45, 2.75) is 77.4 Å². The fourth-order valence-electron chi connectivity index (χ4n) is 10.7. The van der Waals surface area contributed by atoms with Crippen LogP contribution in [0, 0.1) is 35.5 Å². The lowest BCUT2D eigenvalue weighted by Gasteiger charge is -2.23. The average Bonchev–Trinajstić information content (AvgIpc) is 4.12. The molecule has 0 spiro atoms. The predicted molar refractivity (Wildman–Crippen MR) is 243 cm³/mol. The number of H-pyrrole nitrogens is 3. The summed E-state index contributed by atoms with van der Waals surface area (Å²) < 4.78 is 0. The summed E-state index contributed by atoms with van der Waals surface area (Å²) in [6, 6.07) is 18.4. The number of imidazole rings is 3. The number of hydrogen-bond donors (Lipinski definition) is 9. The minimum absolute atomic E-state index is 0.114. The first-order valence-electron chi connectivity index (χ1n) is 23.1. The Balaban J connectivity index is 0.991. The number of fused-ring (bicyclic) bond motifs is 3. The van der Waals surface area contributed by atoms with Crippen molar-refractivity contribution in [3.8, 4) is 0 Å². The number of carboxylic acids is 3. The summed E-state index contributed by atoms with van der Waals surface area (Å²) in [6.45, 7) is 6.35. The van der Waals surface area contributed by atoms with Crippen LogP contribution in [0.2, 0.25) is 0 Å². The van der Waals surface area contributed by atoms with E-state index in [2.05, 4.69) is 54.0 Å². The van der Waals surface area contributed by atoms with Gasteiger partial charge in [-0.05, 0) is 130 Å². The highest BCUT2D eigenvalue weighted by molar-refractivity contribution is 5.81. The quantitative estimate of drug-likeness (QED) is 0.0450. The summed E-state index contributed by atoms with van der Waals surface area (Å²) >= 11 is 0. The van der Waals surface area contributed by atoms with Crippen molar-refractivity contribution in [3.05, 3.63) is 88.8 Å². The lowest BCUT2D eigenvalue weighted by atomic mass is 9.87. The van der Waals surface area contributed by atoms with E-state index in [1.165, 1.54) is 0 Å². The van der Waals surface area contributed by atoms with Crippen LogP contribution < -0.4 is 16.0 Å². The van der Waals surface area contributed by atoms with E-state index >= 15 is 0 Å². The molecule has 3 aliphatic rings. The number of hydrogen-bond acceptors (Lipinski definition) is 10. The number of aromatic nitrogens is 6. The van der Waals surface area contributed by atoms with Crippen molar-refractivity contribution >= 4 is 51.0 Å². The highest BCUT2D eigenvalue weighted by atomic mass is 16.4. The third kappa shape index (κ3) is 9.84. The van der Waals surface area contributed by atoms with Gasteiger partial charge >= 0.3 is 17.9 Å². The zero-order valence-electron chi connectivity index (χ0n) is 36.2. The first-order valence-corrected chi connectivity index (χ1v) is 23.1. The number of benzene rings is 3. The number of aromatic amines is 3.